The van der Waals surface area contributed by atoms with Crippen LogP contribution in [-0.4, -0.2) is 35.1 Å². The van der Waals surface area contributed by atoms with Gasteiger partial charge in [-0.3, -0.25) is 4.90 Å². The van der Waals surface area contributed by atoms with E-state index in [4.69, 9.17) is 0 Å². The van der Waals surface area contributed by atoms with E-state index in [9.17, 15) is 0 Å². The first-order chi connectivity index (χ1) is 7.69. The Labute approximate surface area is 102 Å². The highest BCUT2D eigenvalue weighted by Crippen LogP contribution is 2.16. The van der Waals surface area contributed by atoms with Crippen molar-refractivity contribution in [2.75, 3.05) is 13.1 Å². The minimum atomic E-state index is 0.600. The predicted octanol–water partition coefficient (Wildman–Crippen LogP) is 2.02. The standard InChI is InChI=1S/C12H21N3S/c1-4-12-5-13-9(2)6-15(12)7-11-8-16-10(3)14-11/h8-9,12-13H,4-7H2,1-3H3. The summed E-state index contributed by atoms with van der Waals surface area (Å²) >= 11 is 1.75. The Balaban J connectivity index is 2.00. The molecule has 0 spiro atoms. The van der Waals surface area contributed by atoms with E-state index in [0.29, 0.717) is 12.1 Å². The average Bonchev–Trinajstić information content (AvgIpc) is 2.64. The van der Waals surface area contributed by atoms with Gasteiger partial charge in [-0.2, -0.15) is 0 Å². The Morgan fingerprint density at radius 1 is 1.62 bits per heavy atom. The molecule has 1 aromatic heterocycles. The largest absolute Gasteiger partial charge is 0.311 e. The van der Waals surface area contributed by atoms with Crippen LogP contribution in [0.4, 0.5) is 0 Å². The third kappa shape index (κ3) is 2.81. The van der Waals surface area contributed by atoms with Gasteiger partial charge in [0.05, 0.1) is 10.7 Å². The maximum Gasteiger partial charge on any atom is 0.0897 e. The second-order valence-electron chi connectivity index (χ2n) is 4.66. The summed E-state index contributed by atoms with van der Waals surface area (Å²) in [6, 6.07) is 1.26. The molecule has 0 saturated carbocycles. The molecule has 0 bridgehead atoms. The molecule has 1 aliphatic rings. The van der Waals surface area contributed by atoms with Crippen LogP contribution in [0.1, 0.15) is 31.0 Å². The lowest BCUT2D eigenvalue weighted by atomic mass is 10.1. The molecule has 1 saturated heterocycles. The summed E-state index contributed by atoms with van der Waals surface area (Å²) in [4.78, 5) is 7.12. The van der Waals surface area contributed by atoms with Gasteiger partial charge in [-0.15, -0.1) is 11.3 Å². The Kier molecular flexibility index (Phi) is 3.95. The zero-order valence-corrected chi connectivity index (χ0v) is 11.2. The van der Waals surface area contributed by atoms with Crippen molar-refractivity contribution in [3.8, 4) is 0 Å². The van der Waals surface area contributed by atoms with Crippen LogP contribution >= 0.6 is 11.3 Å². The number of rotatable bonds is 3. The molecule has 0 radical (unpaired) electrons. The SMILES string of the molecule is CCC1CNC(C)CN1Cc1csc(C)n1. The molecule has 90 valence electrons. The summed E-state index contributed by atoms with van der Waals surface area (Å²) in [7, 11) is 0. The van der Waals surface area contributed by atoms with Gasteiger partial charge in [0.2, 0.25) is 0 Å². The number of nitrogens with zero attached hydrogens (tertiary/aromatic N) is 2. The van der Waals surface area contributed by atoms with E-state index in [2.05, 4.69) is 41.4 Å². The van der Waals surface area contributed by atoms with Gasteiger partial charge in [0.15, 0.2) is 0 Å². The molecule has 0 aliphatic carbocycles. The molecular weight excluding hydrogens is 218 g/mol. The number of hydrogen-bond acceptors (Lipinski definition) is 4. The van der Waals surface area contributed by atoms with Gasteiger partial charge in [-0.25, -0.2) is 4.98 Å². The minimum Gasteiger partial charge on any atom is -0.311 e. The summed E-state index contributed by atoms with van der Waals surface area (Å²) < 4.78 is 0. The van der Waals surface area contributed by atoms with Crippen LogP contribution in [0.2, 0.25) is 0 Å². The molecule has 2 heterocycles. The van der Waals surface area contributed by atoms with Crippen molar-refractivity contribution in [1.82, 2.24) is 15.2 Å². The minimum absolute atomic E-state index is 0.600. The summed E-state index contributed by atoms with van der Waals surface area (Å²) in [6.07, 6.45) is 1.21. The summed E-state index contributed by atoms with van der Waals surface area (Å²) in [5.41, 5.74) is 1.23. The number of aromatic nitrogens is 1. The summed E-state index contributed by atoms with van der Waals surface area (Å²) in [6.45, 7) is 9.85. The van der Waals surface area contributed by atoms with E-state index < -0.39 is 0 Å². The monoisotopic (exact) mass is 239 g/mol. The van der Waals surface area contributed by atoms with E-state index in [-0.39, 0.29) is 0 Å². The smallest absolute Gasteiger partial charge is 0.0897 e. The summed E-state index contributed by atoms with van der Waals surface area (Å²) in [5.74, 6) is 0. The highest BCUT2D eigenvalue weighted by atomic mass is 32.1. The van der Waals surface area contributed by atoms with Crippen LogP contribution in [-0.2, 0) is 6.54 Å². The third-order valence-electron chi connectivity index (χ3n) is 3.23. The van der Waals surface area contributed by atoms with E-state index in [1.165, 1.54) is 17.1 Å². The fraction of sp³-hybridized carbons (Fsp3) is 0.750. The molecule has 1 N–H and O–H groups in total. The first-order valence-electron chi connectivity index (χ1n) is 6.07. The van der Waals surface area contributed by atoms with Crippen LogP contribution < -0.4 is 5.32 Å². The number of aryl methyl sites for hydroxylation is 1. The molecular formula is C12H21N3S. The second-order valence-corrected chi connectivity index (χ2v) is 5.72. The molecule has 2 unspecified atom stereocenters. The number of piperazine rings is 1. The predicted molar refractivity (Wildman–Crippen MR) is 68.8 cm³/mol. The molecule has 2 rings (SSSR count). The van der Waals surface area contributed by atoms with Gasteiger partial charge in [-0.1, -0.05) is 6.92 Å². The van der Waals surface area contributed by atoms with E-state index in [1.807, 2.05) is 0 Å². The van der Waals surface area contributed by atoms with Crippen LogP contribution in [0.15, 0.2) is 5.38 Å². The maximum atomic E-state index is 4.56. The van der Waals surface area contributed by atoms with Crippen LogP contribution in [0, 0.1) is 6.92 Å². The molecule has 1 fully saturated rings. The van der Waals surface area contributed by atoms with Crippen molar-refractivity contribution in [1.29, 1.82) is 0 Å². The number of nitrogens with one attached hydrogen (secondary N) is 1. The summed E-state index contributed by atoms with van der Waals surface area (Å²) in [5, 5.41) is 6.91. The fourth-order valence-corrected chi connectivity index (χ4v) is 2.92. The highest BCUT2D eigenvalue weighted by molar-refractivity contribution is 7.09. The molecule has 1 aromatic rings. The van der Waals surface area contributed by atoms with E-state index in [0.717, 1.165) is 19.6 Å². The Morgan fingerprint density at radius 2 is 2.44 bits per heavy atom. The average molecular weight is 239 g/mol. The number of hydrogen-bond donors (Lipinski definition) is 1. The fourth-order valence-electron chi connectivity index (χ4n) is 2.32. The quantitative estimate of drug-likeness (QED) is 0.875. The van der Waals surface area contributed by atoms with Crippen molar-refractivity contribution in [2.45, 2.75) is 45.8 Å². The zero-order valence-electron chi connectivity index (χ0n) is 10.4. The Bertz CT molecular complexity index is 337. The van der Waals surface area contributed by atoms with Crippen molar-refractivity contribution >= 4 is 11.3 Å². The first kappa shape index (κ1) is 12.0. The van der Waals surface area contributed by atoms with Gasteiger partial charge in [0.25, 0.3) is 0 Å². The molecule has 16 heavy (non-hydrogen) atoms. The molecule has 2 atom stereocenters. The molecule has 0 amide bonds. The number of thiazole rings is 1. The van der Waals surface area contributed by atoms with Crippen LogP contribution in [0.5, 0.6) is 0 Å². The first-order valence-corrected chi connectivity index (χ1v) is 6.95. The molecule has 3 nitrogen and oxygen atoms in total. The van der Waals surface area contributed by atoms with Gasteiger partial charge in [-0.05, 0) is 20.3 Å². The zero-order chi connectivity index (χ0) is 11.5. The topological polar surface area (TPSA) is 28.2 Å². The van der Waals surface area contributed by atoms with Gasteiger partial charge >= 0.3 is 0 Å². The van der Waals surface area contributed by atoms with Crippen molar-refractivity contribution in [3.63, 3.8) is 0 Å². The van der Waals surface area contributed by atoms with Crippen LogP contribution in [0.25, 0.3) is 0 Å². The lowest BCUT2D eigenvalue weighted by Crippen LogP contribution is -2.54. The lowest BCUT2D eigenvalue weighted by Gasteiger charge is -2.38. The normalized spacial score (nSPS) is 27.2. The molecule has 1 aliphatic heterocycles. The van der Waals surface area contributed by atoms with Gasteiger partial charge in [0, 0.05) is 37.1 Å². The molecule has 0 aromatic carbocycles. The molecule has 4 heteroatoms. The van der Waals surface area contributed by atoms with Crippen LogP contribution in [0.3, 0.4) is 0 Å². The van der Waals surface area contributed by atoms with Gasteiger partial charge in [0.1, 0.15) is 0 Å². The third-order valence-corrected chi connectivity index (χ3v) is 4.05. The van der Waals surface area contributed by atoms with Crippen molar-refractivity contribution in [3.05, 3.63) is 16.1 Å². The highest BCUT2D eigenvalue weighted by Gasteiger charge is 2.24. The van der Waals surface area contributed by atoms with Crippen molar-refractivity contribution in [2.24, 2.45) is 0 Å². The Morgan fingerprint density at radius 3 is 3.06 bits per heavy atom. The second kappa shape index (κ2) is 5.25. The van der Waals surface area contributed by atoms with Crippen molar-refractivity contribution < 1.29 is 0 Å². The maximum absolute atomic E-state index is 4.56. The van der Waals surface area contributed by atoms with E-state index in [1.54, 1.807) is 11.3 Å². The Hall–Kier alpha value is -0.450. The van der Waals surface area contributed by atoms with E-state index >= 15 is 0 Å². The lowest BCUT2D eigenvalue weighted by molar-refractivity contribution is 0.123. The van der Waals surface area contributed by atoms with Gasteiger partial charge < -0.3 is 5.32 Å².